The van der Waals surface area contributed by atoms with Gasteiger partial charge in [-0.2, -0.15) is 0 Å². The van der Waals surface area contributed by atoms with E-state index in [1.807, 2.05) is 20.8 Å². The van der Waals surface area contributed by atoms with Gasteiger partial charge in [-0.1, -0.05) is 6.92 Å². The molecule has 0 aliphatic heterocycles. The summed E-state index contributed by atoms with van der Waals surface area (Å²) in [6.45, 7) is 8.75. The molecule has 1 atom stereocenters. The fourth-order valence-electron chi connectivity index (χ4n) is 1.46. The van der Waals surface area contributed by atoms with Crippen molar-refractivity contribution in [3.05, 3.63) is 21.9 Å². The largest absolute Gasteiger partial charge is 0.353 e. The molecule has 1 rings (SSSR count). The number of aryl methyl sites for hydroxylation is 1. The van der Waals surface area contributed by atoms with E-state index in [1.165, 1.54) is 9.75 Å². The van der Waals surface area contributed by atoms with Gasteiger partial charge in [0.15, 0.2) is 0 Å². The van der Waals surface area contributed by atoms with Crippen molar-refractivity contribution in [3.8, 4) is 0 Å². The van der Waals surface area contributed by atoms with Gasteiger partial charge in [-0.3, -0.25) is 4.79 Å². The fourth-order valence-corrected chi connectivity index (χ4v) is 2.37. The number of carbonyl (C=O) groups excluding carboxylic acids is 1. The molecule has 0 aromatic carbocycles. The lowest BCUT2D eigenvalue weighted by molar-refractivity contribution is -0.123. The average Bonchev–Trinajstić information content (AvgIpc) is 2.72. The lowest BCUT2D eigenvalue weighted by Crippen LogP contribution is -2.44. The Hall–Kier alpha value is -0.870. The van der Waals surface area contributed by atoms with E-state index in [2.05, 4.69) is 29.7 Å². The number of thiophene rings is 1. The van der Waals surface area contributed by atoms with Gasteiger partial charge in [0.1, 0.15) is 0 Å². The standard InChI is InChI=1S/C13H22N2OS/c1-5-11-6-7-12(17-11)8-14-10(4)13(16)15-9(2)3/h6-7,9-10,14H,5,8H2,1-4H3,(H,15,16). The van der Waals surface area contributed by atoms with Gasteiger partial charge in [0.2, 0.25) is 5.91 Å². The molecule has 1 amide bonds. The van der Waals surface area contributed by atoms with Crippen LogP contribution in [0.25, 0.3) is 0 Å². The maximum atomic E-state index is 11.7. The van der Waals surface area contributed by atoms with Gasteiger partial charge in [0.05, 0.1) is 6.04 Å². The van der Waals surface area contributed by atoms with E-state index in [4.69, 9.17) is 0 Å². The molecule has 0 radical (unpaired) electrons. The fraction of sp³-hybridized carbons (Fsp3) is 0.615. The van der Waals surface area contributed by atoms with E-state index in [1.54, 1.807) is 11.3 Å². The number of rotatable bonds is 6. The number of carbonyl (C=O) groups is 1. The molecule has 1 aromatic rings. The van der Waals surface area contributed by atoms with Crippen LogP contribution in [-0.2, 0) is 17.8 Å². The van der Waals surface area contributed by atoms with Crippen LogP contribution in [-0.4, -0.2) is 18.0 Å². The molecule has 0 saturated carbocycles. The summed E-state index contributed by atoms with van der Waals surface area (Å²) >= 11 is 1.81. The van der Waals surface area contributed by atoms with Crippen molar-refractivity contribution in [3.63, 3.8) is 0 Å². The summed E-state index contributed by atoms with van der Waals surface area (Å²) in [5, 5.41) is 6.14. The molecular formula is C13H22N2OS. The number of amides is 1. The smallest absolute Gasteiger partial charge is 0.237 e. The molecule has 0 saturated heterocycles. The third kappa shape index (κ3) is 4.88. The van der Waals surface area contributed by atoms with Crippen molar-refractivity contribution >= 4 is 17.2 Å². The zero-order valence-corrected chi connectivity index (χ0v) is 11.9. The summed E-state index contributed by atoms with van der Waals surface area (Å²) in [7, 11) is 0. The molecule has 2 N–H and O–H groups in total. The van der Waals surface area contributed by atoms with Crippen molar-refractivity contribution in [2.75, 3.05) is 0 Å². The lowest BCUT2D eigenvalue weighted by Gasteiger charge is -2.15. The Morgan fingerprint density at radius 3 is 2.47 bits per heavy atom. The Morgan fingerprint density at radius 1 is 1.29 bits per heavy atom. The molecule has 96 valence electrons. The number of hydrogen-bond donors (Lipinski definition) is 2. The zero-order valence-electron chi connectivity index (χ0n) is 11.0. The van der Waals surface area contributed by atoms with E-state index in [9.17, 15) is 4.79 Å². The van der Waals surface area contributed by atoms with Crippen molar-refractivity contribution in [1.29, 1.82) is 0 Å². The second kappa shape index (κ2) is 6.77. The van der Waals surface area contributed by atoms with E-state index >= 15 is 0 Å². The van der Waals surface area contributed by atoms with Gasteiger partial charge < -0.3 is 10.6 Å². The Morgan fingerprint density at radius 2 is 1.94 bits per heavy atom. The minimum atomic E-state index is -0.149. The van der Waals surface area contributed by atoms with Crippen molar-refractivity contribution in [1.82, 2.24) is 10.6 Å². The second-order valence-corrected chi connectivity index (χ2v) is 5.74. The maximum absolute atomic E-state index is 11.7. The monoisotopic (exact) mass is 254 g/mol. The molecule has 4 heteroatoms. The molecular weight excluding hydrogens is 232 g/mol. The Kier molecular flexibility index (Phi) is 5.65. The first-order valence-electron chi connectivity index (χ1n) is 6.14. The first-order valence-corrected chi connectivity index (χ1v) is 6.96. The Labute approximate surface area is 108 Å². The third-order valence-corrected chi connectivity index (χ3v) is 3.70. The number of hydrogen-bond acceptors (Lipinski definition) is 3. The molecule has 0 fully saturated rings. The molecule has 1 aromatic heterocycles. The van der Waals surface area contributed by atoms with Crippen LogP contribution < -0.4 is 10.6 Å². The summed E-state index contributed by atoms with van der Waals surface area (Å²) in [6.07, 6.45) is 1.08. The lowest BCUT2D eigenvalue weighted by atomic mass is 10.2. The van der Waals surface area contributed by atoms with Crippen LogP contribution in [0.5, 0.6) is 0 Å². The topological polar surface area (TPSA) is 41.1 Å². The first-order chi connectivity index (χ1) is 8.02. The van der Waals surface area contributed by atoms with Crippen molar-refractivity contribution in [2.24, 2.45) is 0 Å². The van der Waals surface area contributed by atoms with E-state index in [-0.39, 0.29) is 18.0 Å². The van der Waals surface area contributed by atoms with Crippen molar-refractivity contribution < 1.29 is 4.79 Å². The van der Waals surface area contributed by atoms with Crippen LogP contribution in [0.15, 0.2) is 12.1 Å². The SMILES string of the molecule is CCc1ccc(CNC(C)C(=O)NC(C)C)s1. The van der Waals surface area contributed by atoms with Crippen LogP contribution in [0.1, 0.15) is 37.4 Å². The molecule has 0 spiro atoms. The van der Waals surface area contributed by atoms with Gasteiger partial charge >= 0.3 is 0 Å². The summed E-state index contributed by atoms with van der Waals surface area (Å²) < 4.78 is 0. The van der Waals surface area contributed by atoms with Crippen LogP contribution in [0.4, 0.5) is 0 Å². The molecule has 17 heavy (non-hydrogen) atoms. The Bertz CT molecular complexity index is 360. The number of nitrogens with one attached hydrogen (secondary N) is 2. The summed E-state index contributed by atoms with van der Waals surface area (Å²) in [5.74, 6) is 0.0623. The van der Waals surface area contributed by atoms with Crippen LogP contribution in [0, 0.1) is 0 Å². The molecule has 0 bridgehead atoms. The third-order valence-electron chi connectivity index (χ3n) is 2.47. The molecule has 1 unspecified atom stereocenters. The van der Waals surface area contributed by atoms with Gasteiger partial charge in [-0.25, -0.2) is 0 Å². The van der Waals surface area contributed by atoms with E-state index < -0.39 is 0 Å². The summed E-state index contributed by atoms with van der Waals surface area (Å²) in [6, 6.07) is 4.33. The minimum absolute atomic E-state index is 0.0623. The quantitative estimate of drug-likeness (QED) is 0.818. The second-order valence-electron chi connectivity index (χ2n) is 4.49. The van der Waals surface area contributed by atoms with Gasteiger partial charge in [-0.15, -0.1) is 11.3 Å². The van der Waals surface area contributed by atoms with Crippen LogP contribution >= 0.6 is 11.3 Å². The highest BCUT2D eigenvalue weighted by Gasteiger charge is 2.12. The van der Waals surface area contributed by atoms with Gasteiger partial charge in [-0.05, 0) is 39.3 Å². The van der Waals surface area contributed by atoms with Gasteiger partial charge in [0.25, 0.3) is 0 Å². The van der Waals surface area contributed by atoms with E-state index in [0.29, 0.717) is 0 Å². The van der Waals surface area contributed by atoms with E-state index in [0.717, 1.165) is 13.0 Å². The van der Waals surface area contributed by atoms with Crippen LogP contribution in [0.2, 0.25) is 0 Å². The Balaban J connectivity index is 2.37. The first kappa shape index (κ1) is 14.2. The summed E-state index contributed by atoms with van der Waals surface area (Å²) in [5.41, 5.74) is 0. The zero-order chi connectivity index (χ0) is 12.8. The highest BCUT2D eigenvalue weighted by molar-refractivity contribution is 7.11. The average molecular weight is 254 g/mol. The maximum Gasteiger partial charge on any atom is 0.237 e. The molecule has 1 heterocycles. The van der Waals surface area contributed by atoms with Crippen LogP contribution in [0.3, 0.4) is 0 Å². The van der Waals surface area contributed by atoms with Crippen molar-refractivity contribution in [2.45, 2.75) is 52.7 Å². The predicted octanol–water partition coefficient (Wildman–Crippen LogP) is 2.31. The molecule has 3 nitrogen and oxygen atoms in total. The van der Waals surface area contributed by atoms with Gasteiger partial charge in [0, 0.05) is 22.3 Å². The highest BCUT2D eigenvalue weighted by Crippen LogP contribution is 2.16. The normalized spacial score (nSPS) is 12.8. The molecule has 0 aliphatic carbocycles. The summed E-state index contributed by atoms with van der Waals surface area (Å²) in [4.78, 5) is 14.3. The molecule has 0 aliphatic rings. The minimum Gasteiger partial charge on any atom is -0.353 e. The highest BCUT2D eigenvalue weighted by atomic mass is 32.1. The predicted molar refractivity (Wildman–Crippen MR) is 73.3 cm³/mol.